The van der Waals surface area contributed by atoms with Gasteiger partial charge in [0.2, 0.25) is 5.91 Å². The highest BCUT2D eigenvalue weighted by atomic mass is 16.5. The molecular weight excluding hydrogens is 516 g/mol. The van der Waals surface area contributed by atoms with Crippen LogP contribution in [-0.4, -0.2) is 58.7 Å². The van der Waals surface area contributed by atoms with Crippen molar-refractivity contribution in [2.45, 2.75) is 57.5 Å². The molecule has 41 heavy (non-hydrogen) atoms. The molecule has 1 amide bonds. The van der Waals surface area contributed by atoms with Gasteiger partial charge in [-0.05, 0) is 66.3 Å². The number of fused-ring (bicyclic) bond motifs is 1. The summed E-state index contributed by atoms with van der Waals surface area (Å²) in [6.07, 6.45) is 6.09. The first-order chi connectivity index (χ1) is 19.9. The van der Waals surface area contributed by atoms with Crippen LogP contribution in [0.4, 0.5) is 5.69 Å². The molecule has 3 heterocycles. The molecule has 0 bridgehead atoms. The fourth-order valence-electron chi connectivity index (χ4n) is 6.50. The van der Waals surface area contributed by atoms with Gasteiger partial charge in [0, 0.05) is 62.6 Å². The Balaban J connectivity index is 1.44. The molecule has 1 fully saturated rings. The van der Waals surface area contributed by atoms with E-state index in [0.29, 0.717) is 32.7 Å². The van der Waals surface area contributed by atoms with E-state index in [4.69, 9.17) is 10.5 Å². The van der Waals surface area contributed by atoms with E-state index in [0.717, 1.165) is 59.5 Å². The second kappa shape index (κ2) is 12.9. The lowest BCUT2D eigenvalue weighted by Crippen LogP contribution is -2.44. The number of unbranched alkanes of at least 4 members (excludes halogenated alkanes) is 1. The van der Waals surface area contributed by atoms with Crippen LogP contribution < -0.4 is 15.4 Å². The first-order valence-corrected chi connectivity index (χ1v) is 14.8. The molecule has 2 aromatic carbocycles. The zero-order chi connectivity index (χ0) is 28.9. The number of rotatable bonds is 12. The average Bonchev–Trinajstić information content (AvgIpc) is 3.70. The topological polar surface area (TPSA) is 101 Å². The molecule has 0 aliphatic carbocycles. The van der Waals surface area contributed by atoms with Gasteiger partial charge in [-0.3, -0.25) is 14.5 Å². The number of aromatic nitrogens is 1. The number of likely N-dealkylation sites (tertiary alicyclic amines) is 1. The van der Waals surface area contributed by atoms with E-state index >= 15 is 0 Å². The summed E-state index contributed by atoms with van der Waals surface area (Å²) >= 11 is 0. The summed E-state index contributed by atoms with van der Waals surface area (Å²) in [7, 11) is 2.01. The smallest absolute Gasteiger partial charge is 0.308 e. The molecule has 1 saturated heterocycles. The predicted molar refractivity (Wildman–Crippen MR) is 160 cm³/mol. The summed E-state index contributed by atoms with van der Waals surface area (Å²) in [6.45, 7) is 4.48. The number of hydrogen-bond acceptors (Lipinski definition) is 5. The van der Waals surface area contributed by atoms with E-state index in [1.54, 1.807) is 0 Å². The van der Waals surface area contributed by atoms with Crippen LogP contribution in [0.3, 0.4) is 0 Å². The Kier molecular flexibility index (Phi) is 9.10. The summed E-state index contributed by atoms with van der Waals surface area (Å²) in [5.74, 6) is -0.764. The van der Waals surface area contributed by atoms with Crippen LogP contribution in [0.2, 0.25) is 0 Å². The number of aryl methyl sites for hydroxylation is 2. The van der Waals surface area contributed by atoms with Gasteiger partial charge in [-0.25, -0.2) is 0 Å². The van der Waals surface area contributed by atoms with Crippen molar-refractivity contribution in [2.75, 3.05) is 31.1 Å². The Labute approximate surface area is 242 Å². The highest BCUT2D eigenvalue weighted by molar-refractivity contribution is 5.95. The summed E-state index contributed by atoms with van der Waals surface area (Å²) in [6, 6.07) is 17.8. The van der Waals surface area contributed by atoms with E-state index in [-0.39, 0.29) is 24.4 Å². The molecule has 8 nitrogen and oxygen atoms in total. The fourth-order valence-corrected chi connectivity index (χ4v) is 6.50. The van der Waals surface area contributed by atoms with Crippen molar-refractivity contribution in [1.29, 1.82) is 0 Å². The third-order valence-corrected chi connectivity index (χ3v) is 8.76. The Hall–Kier alpha value is -3.62. The van der Waals surface area contributed by atoms with Crippen LogP contribution in [0.1, 0.15) is 54.5 Å². The molecule has 3 N–H and O–H groups in total. The molecule has 0 unspecified atom stereocenters. The van der Waals surface area contributed by atoms with Gasteiger partial charge in [-0.1, -0.05) is 37.6 Å². The monoisotopic (exact) mass is 558 g/mol. The summed E-state index contributed by atoms with van der Waals surface area (Å²) in [4.78, 5) is 30.9. The number of amides is 1. The van der Waals surface area contributed by atoms with Gasteiger partial charge < -0.3 is 25.0 Å². The van der Waals surface area contributed by atoms with Crippen molar-refractivity contribution in [3.05, 3.63) is 83.2 Å². The second-order valence-electron chi connectivity index (χ2n) is 11.4. The molecule has 3 aromatic rings. The number of ether oxygens (including phenoxy) is 1. The number of hydrogen-bond donors (Lipinski definition) is 2. The van der Waals surface area contributed by atoms with Gasteiger partial charge in [0.25, 0.3) is 0 Å². The Morgan fingerprint density at radius 2 is 2.00 bits per heavy atom. The van der Waals surface area contributed by atoms with Crippen LogP contribution in [0.5, 0.6) is 5.75 Å². The van der Waals surface area contributed by atoms with Crippen LogP contribution in [0.15, 0.2) is 60.8 Å². The van der Waals surface area contributed by atoms with E-state index in [2.05, 4.69) is 28.5 Å². The number of aliphatic carboxylic acids is 1. The second-order valence-corrected chi connectivity index (χ2v) is 11.4. The molecule has 5 rings (SSSR count). The number of carbonyl (C=O) groups excluding carboxylic acids is 1. The minimum atomic E-state index is -0.808. The lowest BCUT2D eigenvalue weighted by Gasteiger charge is -2.30. The first kappa shape index (κ1) is 28.9. The number of nitrogens with zero attached hydrogens (tertiary/aromatic N) is 3. The minimum Gasteiger partial charge on any atom is -0.493 e. The maximum absolute atomic E-state index is 14.0. The van der Waals surface area contributed by atoms with Crippen LogP contribution in [-0.2, 0) is 36.0 Å². The molecule has 8 heteroatoms. The van der Waals surface area contributed by atoms with Crippen molar-refractivity contribution < 1.29 is 19.4 Å². The highest BCUT2D eigenvalue weighted by Crippen LogP contribution is 2.41. The third-order valence-electron chi connectivity index (χ3n) is 8.76. The predicted octanol–water partition coefficient (Wildman–Crippen LogP) is 4.35. The maximum Gasteiger partial charge on any atom is 0.308 e. The largest absolute Gasteiger partial charge is 0.493 e. The van der Waals surface area contributed by atoms with Crippen molar-refractivity contribution >= 4 is 17.6 Å². The molecule has 1 aromatic heterocycles. The molecule has 3 atom stereocenters. The number of nitrogens with two attached hydrogens (primary N) is 1. The lowest BCUT2D eigenvalue weighted by molar-refractivity contribution is -0.143. The Morgan fingerprint density at radius 3 is 2.73 bits per heavy atom. The van der Waals surface area contributed by atoms with E-state index in [9.17, 15) is 14.7 Å². The fraction of sp³-hybridized carbons (Fsp3) is 0.455. The SMILES string of the molecule is CCCCN(C(=O)CN1C[C@H](c2ccc3c(c2)CCO3)[C@@H](C(=O)O)[C@@H]1CCc1cccn1C)c1cccc(CN)c1. The minimum absolute atomic E-state index is 0.0105. The molecule has 0 saturated carbocycles. The van der Waals surface area contributed by atoms with Crippen LogP contribution >= 0.6 is 0 Å². The normalized spacial score (nSPS) is 20.1. The van der Waals surface area contributed by atoms with E-state index < -0.39 is 11.9 Å². The maximum atomic E-state index is 14.0. The molecule has 218 valence electrons. The van der Waals surface area contributed by atoms with Crippen LogP contribution in [0.25, 0.3) is 0 Å². The number of anilines is 1. The zero-order valence-electron chi connectivity index (χ0n) is 24.2. The molecule has 2 aliphatic heterocycles. The quantitative estimate of drug-likeness (QED) is 0.343. The first-order valence-electron chi connectivity index (χ1n) is 14.8. The van der Waals surface area contributed by atoms with Crippen molar-refractivity contribution in [1.82, 2.24) is 9.47 Å². The van der Waals surface area contributed by atoms with Crippen molar-refractivity contribution in [3.63, 3.8) is 0 Å². The van der Waals surface area contributed by atoms with E-state index in [1.165, 1.54) is 0 Å². The molecular formula is C33H42N4O4. The summed E-state index contributed by atoms with van der Waals surface area (Å²) in [5.41, 5.74) is 11.0. The number of carbonyl (C=O) groups is 2. The standard InChI is InChI=1S/C33H42N4O4/c1-3-4-16-37(27-8-5-7-23(18-27)20-34)31(38)22-36-21-28(24-10-13-30-25(19-24)14-17-41-30)32(33(39)40)29(36)12-11-26-9-6-15-35(26)2/h5-10,13,15,18-19,28-29,32H,3-4,11-12,14,16-17,20-22,34H2,1-2H3,(H,39,40)/t28-,29+,32-/m1/s1. The molecule has 2 aliphatic rings. The van der Waals surface area contributed by atoms with Gasteiger partial charge in [-0.2, -0.15) is 0 Å². The number of carboxylic acids is 1. The third kappa shape index (κ3) is 6.34. The number of carboxylic acid groups (broad SMARTS) is 1. The summed E-state index contributed by atoms with van der Waals surface area (Å²) in [5, 5.41) is 10.6. The average molecular weight is 559 g/mol. The van der Waals surface area contributed by atoms with Crippen LogP contribution in [0, 0.1) is 5.92 Å². The Morgan fingerprint density at radius 1 is 1.15 bits per heavy atom. The summed E-state index contributed by atoms with van der Waals surface area (Å²) < 4.78 is 7.78. The molecule has 0 radical (unpaired) electrons. The van der Waals surface area contributed by atoms with Gasteiger partial charge in [-0.15, -0.1) is 0 Å². The van der Waals surface area contributed by atoms with Crippen molar-refractivity contribution in [2.24, 2.45) is 18.7 Å². The van der Waals surface area contributed by atoms with Gasteiger partial charge in [0.15, 0.2) is 0 Å². The Bertz CT molecular complexity index is 1370. The lowest BCUT2D eigenvalue weighted by atomic mass is 9.83. The van der Waals surface area contributed by atoms with Gasteiger partial charge >= 0.3 is 5.97 Å². The van der Waals surface area contributed by atoms with E-state index in [1.807, 2.05) is 60.6 Å². The zero-order valence-corrected chi connectivity index (χ0v) is 24.2. The van der Waals surface area contributed by atoms with Crippen molar-refractivity contribution in [3.8, 4) is 5.75 Å². The number of benzene rings is 2. The highest BCUT2D eigenvalue weighted by Gasteiger charge is 2.47. The van der Waals surface area contributed by atoms with Gasteiger partial charge in [0.05, 0.1) is 19.1 Å². The van der Waals surface area contributed by atoms with Gasteiger partial charge in [0.1, 0.15) is 5.75 Å². The molecule has 0 spiro atoms.